The molecule has 2 aliphatic rings. The van der Waals surface area contributed by atoms with Crippen molar-refractivity contribution < 1.29 is 18.9 Å². The van der Waals surface area contributed by atoms with Crippen LogP contribution in [0, 0.1) is 5.92 Å². The van der Waals surface area contributed by atoms with Gasteiger partial charge in [-0.2, -0.15) is 0 Å². The Bertz CT molecular complexity index is 1120. The van der Waals surface area contributed by atoms with E-state index in [1.54, 1.807) is 0 Å². The largest absolute Gasteiger partial charge is 0.356 e. The number of hydrogen-bond acceptors (Lipinski definition) is 5. The van der Waals surface area contributed by atoms with Crippen molar-refractivity contribution in [1.82, 2.24) is 5.16 Å². The van der Waals surface area contributed by atoms with Crippen LogP contribution in [0.2, 0.25) is 0 Å². The Kier molecular flexibility index (Phi) is 4.11. The van der Waals surface area contributed by atoms with Gasteiger partial charge in [0.1, 0.15) is 17.3 Å². The number of aromatic nitrogens is 1. The average Bonchev–Trinajstić information content (AvgIpc) is 3.43. The lowest BCUT2D eigenvalue weighted by Crippen LogP contribution is -2.23. The van der Waals surface area contributed by atoms with Crippen LogP contribution in [0.3, 0.4) is 0 Å². The van der Waals surface area contributed by atoms with Crippen LogP contribution in [0.25, 0.3) is 21.7 Å². The highest BCUT2D eigenvalue weighted by atomic mass is 16.5. The van der Waals surface area contributed by atoms with E-state index < -0.39 is 5.92 Å². The zero-order valence-electron chi connectivity index (χ0n) is 15.6. The van der Waals surface area contributed by atoms with E-state index in [1.165, 1.54) is 12.8 Å². The van der Waals surface area contributed by atoms with E-state index in [2.05, 4.69) is 5.16 Å². The summed E-state index contributed by atoms with van der Waals surface area (Å²) < 4.78 is 5.48. The molecule has 28 heavy (non-hydrogen) atoms. The minimum atomic E-state index is -0.399. The van der Waals surface area contributed by atoms with E-state index in [1.807, 2.05) is 30.3 Å². The van der Waals surface area contributed by atoms with Crippen LogP contribution in [-0.4, -0.2) is 22.5 Å². The van der Waals surface area contributed by atoms with Crippen molar-refractivity contribution >= 4 is 39.1 Å². The molecular weight excluding hydrogens is 354 g/mol. The van der Waals surface area contributed by atoms with Gasteiger partial charge < -0.3 is 4.52 Å². The summed E-state index contributed by atoms with van der Waals surface area (Å²) in [5, 5.41) is 6.87. The molecule has 0 radical (unpaired) electrons. The van der Waals surface area contributed by atoms with Gasteiger partial charge in [0, 0.05) is 18.4 Å². The van der Waals surface area contributed by atoms with Crippen LogP contribution in [0.1, 0.15) is 66.9 Å². The number of hydrogen-bond donors (Lipinski definition) is 0. The first-order valence-electron chi connectivity index (χ1n) is 10.00. The number of ketones is 3. The lowest BCUT2D eigenvalue weighted by Gasteiger charge is -2.18. The third-order valence-corrected chi connectivity index (χ3v) is 6.08. The summed E-state index contributed by atoms with van der Waals surface area (Å²) in [4.78, 5) is 36.5. The van der Waals surface area contributed by atoms with E-state index in [0.717, 1.165) is 34.1 Å². The second kappa shape index (κ2) is 6.66. The molecule has 0 N–H and O–H groups in total. The summed E-state index contributed by atoms with van der Waals surface area (Å²) in [7, 11) is 0. The maximum atomic E-state index is 12.5. The van der Waals surface area contributed by atoms with Crippen molar-refractivity contribution in [2.45, 2.75) is 50.9 Å². The number of nitrogens with zero attached hydrogens (tertiary/aromatic N) is 1. The number of fused-ring (bicyclic) bond motifs is 3. The van der Waals surface area contributed by atoms with Crippen LogP contribution in [0.5, 0.6) is 0 Å². The van der Waals surface area contributed by atoms with E-state index in [-0.39, 0.29) is 23.8 Å². The molecule has 0 spiro atoms. The Morgan fingerprint density at radius 1 is 1.11 bits per heavy atom. The lowest BCUT2D eigenvalue weighted by molar-refractivity contribution is -0.130. The quantitative estimate of drug-likeness (QED) is 0.475. The predicted molar refractivity (Wildman–Crippen MR) is 104 cm³/mol. The molecule has 5 nitrogen and oxygen atoms in total. The molecule has 5 rings (SSSR count). The van der Waals surface area contributed by atoms with Crippen LogP contribution in [0.15, 0.2) is 34.9 Å². The fourth-order valence-electron chi connectivity index (χ4n) is 4.25. The zero-order valence-corrected chi connectivity index (χ0v) is 15.6. The molecule has 0 amide bonds. The van der Waals surface area contributed by atoms with Crippen molar-refractivity contribution in [1.29, 1.82) is 0 Å². The number of benzene rings is 2. The van der Waals surface area contributed by atoms with E-state index >= 15 is 0 Å². The Morgan fingerprint density at radius 2 is 1.96 bits per heavy atom. The summed E-state index contributed by atoms with van der Waals surface area (Å²) in [6, 6.07) is 9.48. The van der Waals surface area contributed by atoms with E-state index in [4.69, 9.17) is 4.52 Å². The highest BCUT2D eigenvalue weighted by Crippen LogP contribution is 2.37. The molecule has 5 heteroatoms. The first-order chi connectivity index (χ1) is 13.6. The highest BCUT2D eigenvalue weighted by molar-refractivity contribution is 6.12. The summed E-state index contributed by atoms with van der Waals surface area (Å²) in [6.07, 6.45) is 4.94. The minimum Gasteiger partial charge on any atom is -0.356 e. The van der Waals surface area contributed by atoms with Gasteiger partial charge in [0.15, 0.2) is 11.4 Å². The predicted octanol–water partition coefficient (Wildman–Crippen LogP) is 4.76. The van der Waals surface area contributed by atoms with Crippen molar-refractivity contribution in [2.75, 3.05) is 0 Å². The second-order valence-electron chi connectivity index (χ2n) is 8.12. The van der Waals surface area contributed by atoms with E-state index in [9.17, 15) is 14.4 Å². The summed E-state index contributed by atoms with van der Waals surface area (Å²) in [5.74, 6) is 0.428. The lowest BCUT2D eigenvalue weighted by atomic mass is 9.83. The first kappa shape index (κ1) is 17.3. The van der Waals surface area contributed by atoms with Crippen LogP contribution in [-0.2, 0) is 9.59 Å². The van der Waals surface area contributed by atoms with Gasteiger partial charge in [-0.05, 0) is 41.7 Å². The maximum absolute atomic E-state index is 12.5. The van der Waals surface area contributed by atoms with Crippen molar-refractivity contribution in [3.63, 3.8) is 0 Å². The maximum Gasteiger partial charge on any atom is 0.167 e. The minimum absolute atomic E-state index is 0.00624. The Hall–Kier alpha value is -2.82. The topological polar surface area (TPSA) is 77.2 Å². The molecule has 0 aliphatic heterocycles. The smallest absolute Gasteiger partial charge is 0.167 e. The summed E-state index contributed by atoms with van der Waals surface area (Å²) in [6.45, 7) is 0. The molecule has 142 valence electrons. The second-order valence-corrected chi connectivity index (χ2v) is 8.12. The average molecular weight is 375 g/mol. The molecule has 1 heterocycles. The van der Waals surface area contributed by atoms with Crippen LogP contribution < -0.4 is 0 Å². The van der Waals surface area contributed by atoms with Crippen molar-refractivity contribution in [3.8, 4) is 0 Å². The van der Waals surface area contributed by atoms with E-state index in [0.29, 0.717) is 30.5 Å². The molecule has 2 saturated carbocycles. The first-order valence-corrected chi connectivity index (χ1v) is 10.00. The number of carbonyl (C=O) groups is 3. The number of rotatable bonds is 5. The van der Waals surface area contributed by atoms with Gasteiger partial charge in [0.25, 0.3) is 0 Å². The highest BCUT2D eigenvalue weighted by Gasteiger charge is 2.32. The number of Topliss-reactive ketones (excluding diaryl/α,β-unsaturated/α-hetero) is 3. The van der Waals surface area contributed by atoms with Crippen molar-refractivity contribution in [3.05, 3.63) is 41.6 Å². The van der Waals surface area contributed by atoms with Gasteiger partial charge in [-0.3, -0.25) is 14.4 Å². The molecule has 0 saturated heterocycles. The fourth-order valence-corrected chi connectivity index (χ4v) is 4.25. The Balaban J connectivity index is 1.53. The standard InChI is InChI=1S/C23H21NO4/c25-16-6-8-18(20(27)12-16)23-22-17-7-4-15(19(26)9-3-13-1-2-13)11-14(17)5-10-21(22)28-24-23/h4-5,7,10-11,13,18H,1-3,6,8-9,12H2/t18-/m0/s1. The van der Waals surface area contributed by atoms with Crippen LogP contribution >= 0.6 is 0 Å². The fraction of sp³-hybridized carbons (Fsp3) is 0.391. The zero-order chi connectivity index (χ0) is 19.3. The normalized spacial score (nSPS) is 20.2. The third-order valence-electron chi connectivity index (χ3n) is 6.08. The molecule has 3 aromatic rings. The Morgan fingerprint density at radius 3 is 2.75 bits per heavy atom. The number of carbonyl (C=O) groups excluding carboxylic acids is 3. The van der Waals surface area contributed by atoms with Gasteiger partial charge in [0.2, 0.25) is 0 Å². The molecule has 1 aromatic heterocycles. The van der Waals surface area contributed by atoms with Gasteiger partial charge in [0.05, 0.1) is 17.7 Å². The molecule has 0 bridgehead atoms. The summed E-state index contributed by atoms with van der Waals surface area (Å²) >= 11 is 0. The SMILES string of the molecule is O=C1CC[C@H](c2noc3ccc4cc(C(=O)CCC5CC5)ccc4c23)C(=O)C1. The summed E-state index contributed by atoms with van der Waals surface area (Å²) in [5.41, 5.74) is 1.97. The third kappa shape index (κ3) is 3.05. The monoisotopic (exact) mass is 375 g/mol. The van der Waals surface area contributed by atoms with Gasteiger partial charge in [-0.1, -0.05) is 36.2 Å². The van der Waals surface area contributed by atoms with Gasteiger partial charge in [-0.15, -0.1) is 0 Å². The van der Waals surface area contributed by atoms with Gasteiger partial charge in [-0.25, -0.2) is 0 Å². The molecule has 1 atom stereocenters. The van der Waals surface area contributed by atoms with Gasteiger partial charge >= 0.3 is 0 Å². The Labute approximate surface area is 162 Å². The molecule has 2 aliphatic carbocycles. The molecule has 0 unspecified atom stereocenters. The van der Waals surface area contributed by atoms with Crippen molar-refractivity contribution in [2.24, 2.45) is 5.92 Å². The molecular formula is C23H21NO4. The molecule has 2 fully saturated rings. The molecule has 2 aromatic carbocycles. The van der Waals surface area contributed by atoms with Crippen LogP contribution in [0.4, 0.5) is 0 Å².